The summed E-state index contributed by atoms with van der Waals surface area (Å²) in [7, 11) is 4.19. The molecule has 0 aliphatic carbocycles. The van der Waals surface area contributed by atoms with Crippen LogP contribution in [0.2, 0.25) is 10.0 Å². The highest BCUT2D eigenvalue weighted by Crippen LogP contribution is 2.22. The molecule has 1 aromatic carbocycles. The number of likely N-dealkylation sites (N-methyl/N-ethyl adjacent to an activating group) is 1. The maximum absolute atomic E-state index is 6.01. The van der Waals surface area contributed by atoms with Gasteiger partial charge in [0.2, 0.25) is 0 Å². The first-order valence-electron chi connectivity index (χ1n) is 6.22. The molecule has 0 fully saturated rings. The molecule has 1 unspecified atom stereocenters. The summed E-state index contributed by atoms with van der Waals surface area (Å²) in [6.07, 6.45) is 0. The molecule has 0 saturated carbocycles. The van der Waals surface area contributed by atoms with Gasteiger partial charge in [-0.15, -0.1) is 0 Å². The standard InChI is InChI=1S/C14H22Cl2N2/c1-10(2)14(9-18(3)4)17-8-11-5-6-12(15)13(16)7-11/h5-7,10,14,17H,8-9H2,1-4H3. The van der Waals surface area contributed by atoms with Gasteiger partial charge in [0.05, 0.1) is 10.0 Å². The molecule has 0 spiro atoms. The summed E-state index contributed by atoms with van der Waals surface area (Å²) in [5.74, 6) is 0.593. The molecule has 18 heavy (non-hydrogen) atoms. The highest BCUT2D eigenvalue weighted by molar-refractivity contribution is 6.42. The van der Waals surface area contributed by atoms with E-state index in [0.717, 1.165) is 18.7 Å². The van der Waals surface area contributed by atoms with Crippen molar-refractivity contribution >= 4 is 23.2 Å². The molecular formula is C14H22Cl2N2. The Kier molecular flexibility index (Phi) is 6.44. The molecule has 1 rings (SSSR count). The maximum Gasteiger partial charge on any atom is 0.0595 e. The summed E-state index contributed by atoms with van der Waals surface area (Å²) in [6.45, 7) is 6.30. The van der Waals surface area contributed by atoms with Gasteiger partial charge in [-0.25, -0.2) is 0 Å². The molecule has 1 atom stereocenters. The second kappa shape index (κ2) is 7.34. The van der Waals surface area contributed by atoms with Gasteiger partial charge >= 0.3 is 0 Å². The minimum Gasteiger partial charge on any atom is -0.308 e. The van der Waals surface area contributed by atoms with Crippen LogP contribution in [-0.2, 0) is 6.54 Å². The van der Waals surface area contributed by atoms with Gasteiger partial charge in [0.25, 0.3) is 0 Å². The first kappa shape index (κ1) is 15.8. The van der Waals surface area contributed by atoms with E-state index in [1.54, 1.807) is 0 Å². The van der Waals surface area contributed by atoms with E-state index in [9.17, 15) is 0 Å². The maximum atomic E-state index is 6.01. The van der Waals surface area contributed by atoms with E-state index in [1.807, 2.05) is 18.2 Å². The zero-order valence-electron chi connectivity index (χ0n) is 11.5. The van der Waals surface area contributed by atoms with Gasteiger partial charge in [-0.05, 0) is 37.7 Å². The van der Waals surface area contributed by atoms with E-state index in [4.69, 9.17) is 23.2 Å². The lowest BCUT2D eigenvalue weighted by molar-refractivity contribution is 0.288. The third kappa shape index (κ3) is 5.15. The molecule has 1 aromatic rings. The van der Waals surface area contributed by atoms with Crippen molar-refractivity contribution in [2.45, 2.75) is 26.4 Å². The van der Waals surface area contributed by atoms with Crippen LogP contribution in [0.4, 0.5) is 0 Å². The topological polar surface area (TPSA) is 15.3 Å². The Hall–Kier alpha value is -0.280. The van der Waals surface area contributed by atoms with Crippen molar-refractivity contribution in [3.8, 4) is 0 Å². The fourth-order valence-corrected chi connectivity index (χ4v) is 2.12. The summed E-state index contributed by atoms with van der Waals surface area (Å²) < 4.78 is 0. The Morgan fingerprint density at radius 1 is 1.17 bits per heavy atom. The number of hydrogen-bond donors (Lipinski definition) is 1. The lowest BCUT2D eigenvalue weighted by Crippen LogP contribution is -2.41. The molecule has 0 radical (unpaired) electrons. The van der Waals surface area contributed by atoms with E-state index in [0.29, 0.717) is 22.0 Å². The molecule has 1 N–H and O–H groups in total. The van der Waals surface area contributed by atoms with E-state index in [2.05, 4.69) is 38.2 Å². The summed E-state index contributed by atoms with van der Waals surface area (Å²) in [4.78, 5) is 2.20. The highest BCUT2D eigenvalue weighted by Gasteiger charge is 2.13. The number of benzene rings is 1. The SMILES string of the molecule is CC(C)C(CN(C)C)NCc1ccc(Cl)c(Cl)c1. The highest BCUT2D eigenvalue weighted by atomic mass is 35.5. The van der Waals surface area contributed by atoms with Gasteiger partial charge in [-0.3, -0.25) is 0 Å². The fourth-order valence-electron chi connectivity index (χ4n) is 1.80. The van der Waals surface area contributed by atoms with Crippen molar-refractivity contribution < 1.29 is 0 Å². The second-order valence-corrected chi connectivity index (χ2v) is 6.06. The van der Waals surface area contributed by atoms with Crippen LogP contribution in [0.3, 0.4) is 0 Å². The van der Waals surface area contributed by atoms with Crippen LogP contribution in [-0.4, -0.2) is 31.6 Å². The van der Waals surface area contributed by atoms with Crippen molar-refractivity contribution in [2.24, 2.45) is 5.92 Å². The molecule has 0 aromatic heterocycles. The molecule has 0 saturated heterocycles. The fraction of sp³-hybridized carbons (Fsp3) is 0.571. The lowest BCUT2D eigenvalue weighted by atomic mass is 10.0. The van der Waals surface area contributed by atoms with Crippen molar-refractivity contribution in [1.82, 2.24) is 10.2 Å². The molecule has 0 bridgehead atoms. The van der Waals surface area contributed by atoms with E-state index < -0.39 is 0 Å². The van der Waals surface area contributed by atoms with Crippen LogP contribution in [0.1, 0.15) is 19.4 Å². The number of rotatable bonds is 6. The van der Waals surface area contributed by atoms with Crippen LogP contribution in [0.5, 0.6) is 0 Å². The Bertz CT molecular complexity index is 378. The first-order chi connectivity index (χ1) is 8.40. The number of nitrogens with one attached hydrogen (secondary N) is 1. The number of nitrogens with zero attached hydrogens (tertiary/aromatic N) is 1. The lowest BCUT2D eigenvalue weighted by Gasteiger charge is -2.25. The number of halogens is 2. The van der Waals surface area contributed by atoms with Crippen molar-refractivity contribution in [3.63, 3.8) is 0 Å². The summed E-state index contributed by atoms with van der Waals surface area (Å²) in [5, 5.41) is 4.79. The molecule has 2 nitrogen and oxygen atoms in total. The van der Waals surface area contributed by atoms with Gasteiger partial charge in [0.1, 0.15) is 0 Å². The quantitative estimate of drug-likeness (QED) is 0.859. The molecule has 0 amide bonds. The van der Waals surface area contributed by atoms with E-state index in [1.165, 1.54) is 0 Å². The second-order valence-electron chi connectivity index (χ2n) is 5.24. The first-order valence-corrected chi connectivity index (χ1v) is 6.97. The Morgan fingerprint density at radius 2 is 1.83 bits per heavy atom. The zero-order chi connectivity index (χ0) is 13.7. The minimum atomic E-state index is 0.467. The number of hydrogen-bond acceptors (Lipinski definition) is 2. The van der Waals surface area contributed by atoms with Gasteiger partial charge in [-0.2, -0.15) is 0 Å². The predicted octanol–water partition coefficient (Wildman–Crippen LogP) is 3.67. The van der Waals surface area contributed by atoms with Crippen molar-refractivity contribution in [2.75, 3.05) is 20.6 Å². The Labute approximate surface area is 120 Å². The minimum absolute atomic E-state index is 0.467. The predicted molar refractivity (Wildman–Crippen MR) is 80.5 cm³/mol. The van der Waals surface area contributed by atoms with Crippen LogP contribution in [0.15, 0.2) is 18.2 Å². The molecule has 4 heteroatoms. The average molecular weight is 289 g/mol. The third-order valence-electron chi connectivity index (χ3n) is 2.92. The third-order valence-corrected chi connectivity index (χ3v) is 3.66. The van der Waals surface area contributed by atoms with Crippen molar-refractivity contribution in [1.29, 1.82) is 0 Å². The van der Waals surface area contributed by atoms with E-state index >= 15 is 0 Å². The smallest absolute Gasteiger partial charge is 0.0595 e. The molecule has 0 aliphatic rings. The Morgan fingerprint density at radius 3 is 2.33 bits per heavy atom. The van der Waals surface area contributed by atoms with Gasteiger partial charge < -0.3 is 10.2 Å². The Balaban J connectivity index is 2.58. The normalized spacial score (nSPS) is 13.3. The summed E-state index contributed by atoms with van der Waals surface area (Å²) in [6, 6.07) is 6.24. The van der Waals surface area contributed by atoms with Gasteiger partial charge in [0.15, 0.2) is 0 Å². The zero-order valence-corrected chi connectivity index (χ0v) is 13.0. The molecule has 0 heterocycles. The largest absolute Gasteiger partial charge is 0.308 e. The van der Waals surface area contributed by atoms with Gasteiger partial charge in [0, 0.05) is 19.1 Å². The molecule has 102 valence electrons. The van der Waals surface area contributed by atoms with Crippen LogP contribution in [0, 0.1) is 5.92 Å². The van der Waals surface area contributed by atoms with E-state index in [-0.39, 0.29) is 0 Å². The van der Waals surface area contributed by atoms with Gasteiger partial charge in [-0.1, -0.05) is 43.1 Å². The van der Waals surface area contributed by atoms with Crippen LogP contribution in [0.25, 0.3) is 0 Å². The molecule has 0 aliphatic heterocycles. The van der Waals surface area contributed by atoms with Crippen molar-refractivity contribution in [3.05, 3.63) is 33.8 Å². The molecular weight excluding hydrogens is 267 g/mol. The summed E-state index contributed by atoms with van der Waals surface area (Å²) >= 11 is 11.9. The van der Waals surface area contributed by atoms with Crippen LogP contribution >= 0.6 is 23.2 Å². The van der Waals surface area contributed by atoms with Crippen LogP contribution < -0.4 is 5.32 Å². The monoisotopic (exact) mass is 288 g/mol. The summed E-state index contributed by atoms with van der Waals surface area (Å²) in [5.41, 5.74) is 1.16. The average Bonchev–Trinajstić information content (AvgIpc) is 2.28.